The lowest BCUT2D eigenvalue weighted by atomic mass is 10.1. The lowest BCUT2D eigenvalue weighted by Crippen LogP contribution is -2.55. The van der Waals surface area contributed by atoms with Gasteiger partial charge < -0.3 is 22.5 Å². The standard InChI is InChI=1S/C18H42O6Si3/c1-9-13-22-14-11-16-27(8,23-25(4,5)6)24-26(7,21-3)15-10-12-17(2)18(19)20/h17H,9-16H2,1-8H3,(H,19,20). The summed E-state index contributed by atoms with van der Waals surface area (Å²) in [6.45, 7) is 16.2. The molecule has 3 unspecified atom stereocenters. The Morgan fingerprint density at radius 2 is 1.56 bits per heavy atom. The van der Waals surface area contributed by atoms with Crippen molar-refractivity contribution in [2.45, 2.75) is 84.4 Å². The minimum absolute atomic E-state index is 0.335. The van der Waals surface area contributed by atoms with Crippen LogP contribution in [0.2, 0.25) is 44.8 Å². The third-order valence-electron chi connectivity index (χ3n) is 4.34. The average molecular weight is 439 g/mol. The van der Waals surface area contributed by atoms with Crippen molar-refractivity contribution in [2.24, 2.45) is 5.92 Å². The zero-order chi connectivity index (χ0) is 21.1. The summed E-state index contributed by atoms with van der Waals surface area (Å²) in [6.07, 6.45) is 3.39. The summed E-state index contributed by atoms with van der Waals surface area (Å²) in [5.41, 5.74) is 0. The van der Waals surface area contributed by atoms with Gasteiger partial charge in [-0.3, -0.25) is 4.79 Å². The van der Waals surface area contributed by atoms with Crippen LogP contribution in [0.15, 0.2) is 0 Å². The molecule has 0 aromatic carbocycles. The molecule has 0 heterocycles. The summed E-state index contributed by atoms with van der Waals surface area (Å²) in [5.74, 6) is -1.08. The molecule has 0 aliphatic heterocycles. The molecule has 162 valence electrons. The number of carboxylic acid groups (broad SMARTS) is 1. The van der Waals surface area contributed by atoms with E-state index in [0.29, 0.717) is 6.42 Å². The van der Waals surface area contributed by atoms with Gasteiger partial charge in [0.05, 0.1) is 5.92 Å². The number of carboxylic acids is 1. The highest BCUT2D eigenvalue weighted by atomic mass is 28.5. The second kappa shape index (κ2) is 12.5. The molecule has 0 spiro atoms. The fraction of sp³-hybridized carbons (Fsp3) is 0.944. The lowest BCUT2D eigenvalue weighted by Gasteiger charge is -2.40. The van der Waals surface area contributed by atoms with Crippen LogP contribution in [0.4, 0.5) is 0 Å². The second-order valence-corrected chi connectivity index (χ2v) is 20.4. The van der Waals surface area contributed by atoms with Crippen LogP contribution in [-0.4, -0.2) is 56.8 Å². The number of carbonyl (C=O) groups is 1. The SMILES string of the molecule is CCCOCCC[Si](C)(O[Si](C)(C)C)O[Si](C)(CCCC(C)C(=O)O)OC. The van der Waals surface area contributed by atoms with Gasteiger partial charge in [-0.25, -0.2) is 0 Å². The molecule has 0 saturated heterocycles. The second-order valence-electron chi connectivity index (χ2n) is 8.64. The zero-order valence-corrected chi connectivity index (χ0v) is 21.7. The van der Waals surface area contributed by atoms with Gasteiger partial charge in [0.1, 0.15) is 0 Å². The van der Waals surface area contributed by atoms with Crippen molar-refractivity contribution in [1.29, 1.82) is 0 Å². The van der Waals surface area contributed by atoms with Crippen molar-refractivity contribution >= 4 is 31.4 Å². The highest BCUT2D eigenvalue weighted by molar-refractivity contribution is 6.86. The monoisotopic (exact) mass is 438 g/mol. The average Bonchev–Trinajstić information content (AvgIpc) is 2.52. The van der Waals surface area contributed by atoms with Crippen LogP contribution in [0.1, 0.15) is 39.5 Å². The quantitative estimate of drug-likeness (QED) is 0.271. The Labute approximate surface area is 169 Å². The van der Waals surface area contributed by atoms with Gasteiger partial charge in [-0.2, -0.15) is 0 Å². The van der Waals surface area contributed by atoms with E-state index < -0.39 is 31.4 Å². The number of aliphatic carboxylic acids is 1. The first-order chi connectivity index (χ1) is 12.4. The summed E-state index contributed by atoms with van der Waals surface area (Å²) in [5, 5.41) is 9.07. The molecule has 0 aliphatic carbocycles. The Morgan fingerprint density at radius 3 is 2.04 bits per heavy atom. The van der Waals surface area contributed by atoms with Gasteiger partial charge >= 0.3 is 23.1 Å². The molecule has 9 heteroatoms. The molecule has 0 aromatic rings. The summed E-state index contributed by atoms with van der Waals surface area (Å²) < 4.78 is 24.7. The van der Waals surface area contributed by atoms with Crippen LogP contribution in [0.5, 0.6) is 0 Å². The van der Waals surface area contributed by atoms with Crippen LogP contribution >= 0.6 is 0 Å². The van der Waals surface area contributed by atoms with Crippen molar-refractivity contribution in [1.82, 2.24) is 0 Å². The van der Waals surface area contributed by atoms with Gasteiger partial charge in [0.25, 0.3) is 0 Å². The number of hydrogen-bond acceptors (Lipinski definition) is 5. The van der Waals surface area contributed by atoms with E-state index >= 15 is 0 Å². The Balaban J connectivity index is 4.91. The summed E-state index contributed by atoms with van der Waals surface area (Å²) in [7, 11) is -4.86. The van der Waals surface area contributed by atoms with Crippen molar-refractivity contribution in [3.63, 3.8) is 0 Å². The third-order valence-corrected chi connectivity index (χ3v) is 15.4. The molecule has 0 rings (SSSR count). The normalized spacial score (nSPS) is 17.9. The molecular formula is C18H42O6Si3. The molecule has 3 atom stereocenters. The Morgan fingerprint density at radius 1 is 0.963 bits per heavy atom. The van der Waals surface area contributed by atoms with Crippen molar-refractivity contribution in [2.75, 3.05) is 20.3 Å². The third kappa shape index (κ3) is 12.9. The lowest BCUT2D eigenvalue weighted by molar-refractivity contribution is -0.141. The van der Waals surface area contributed by atoms with Gasteiger partial charge in [-0.15, -0.1) is 0 Å². The minimum Gasteiger partial charge on any atom is -0.481 e. The largest absolute Gasteiger partial charge is 0.481 e. The van der Waals surface area contributed by atoms with Crippen LogP contribution < -0.4 is 0 Å². The summed E-state index contributed by atoms with van der Waals surface area (Å²) in [6, 6.07) is 1.67. The molecule has 0 saturated carbocycles. The fourth-order valence-corrected chi connectivity index (χ4v) is 15.8. The van der Waals surface area contributed by atoms with E-state index in [-0.39, 0.29) is 5.92 Å². The number of ether oxygens (including phenoxy) is 1. The van der Waals surface area contributed by atoms with E-state index in [0.717, 1.165) is 44.6 Å². The van der Waals surface area contributed by atoms with Crippen molar-refractivity contribution in [3.05, 3.63) is 0 Å². The molecule has 0 radical (unpaired) electrons. The van der Waals surface area contributed by atoms with Crippen molar-refractivity contribution < 1.29 is 27.3 Å². The molecule has 0 amide bonds. The molecule has 6 nitrogen and oxygen atoms in total. The Bertz CT molecular complexity index is 432. The van der Waals surface area contributed by atoms with Crippen LogP contribution in [0.3, 0.4) is 0 Å². The van der Waals surface area contributed by atoms with Crippen LogP contribution in [0, 0.1) is 5.92 Å². The maximum Gasteiger partial charge on any atom is 0.325 e. The zero-order valence-electron chi connectivity index (χ0n) is 18.7. The van der Waals surface area contributed by atoms with Gasteiger partial charge in [-0.05, 0) is 64.1 Å². The van der Waals surface area contributed by atoms with Gasteiger partial charge in [-0.1, -0.05) is 20.3 Å². The first kappa shape index (κ1) is 27.0. The van der Waals surface area contributed by atoms with E-state index in [1.807, 2.05) is 0 Å². The Kier molecular flexibility index (Phi) is 12.5. The van der Waals surface area contributed by atoms with E-state index in [2.05, 4.69) is 39.7 Å². The fourth-order valence-electron chi connectivity index (χ4n) is 3.02. The van der Waals surface area contributed by atoms with Gasteiger partial charge in [0.15, 0.2) is 8.32 Å². The molecule has 0 fully saturated rings. The van der Waals surface area contributed by atoms with Gasteiger partial charge in [0.2, 0.25) is 0 Å². The molecule has 27 heavy (non-hydrogen) atoms. The Hall–Kier alpha value is -0.0394. The molecular weight excluding hydrogens is 396 g/mol. The predicted octanol–water partition coefficient (Wildman–Crippen LogP) is 4.96. The topological polar surface area (TPSA) is 74.2 Å². The van der Waals surface area contributed by atoms with E-state index in [1.54, 1.807) is 14.0 Å². The highest BCUT2D eigenvalue weighted by Crippen LogP contribution is 2.29. The van der Waals surface area contributed by atoms with E-state index in [9.17, 15) is 4.79 Å². The highest BCUT2D eigenvalue weighted by Gasteiger charge is 2.44. The van der Waals surface area contributed by atoms with Crippen LogP contribution in [-0.2, 0) is 22.2 Å². The summed E-state index contributed by atoms with van der Waals surface area (Å²) >= 11 is 0. The van der Waals surface area contributed by atoms with E-state index in [4.69, 9.17) is 22.5 Å². The first-order valence-electron chi connectivity index (χ1n) is 10.1. The number of hydrogen-bond donors (Lipinski definition) is 1. The maximum atomic E-state index is 11.0. The molecule has 0 aliphatic rings. The maximum absolute atomic E-state index is 11.0. The molecule has 0 bridgehead atoms. The minimum atomic E-state index is -2.41. The van der Waals surface area contributed by atoms with Crippen LogP contribution in [0.25, 0.3) is 0 Å². The summed E-state index contributed by atoms with van der Waals surface area (Å²) in [4.78, 5) is 11.0. The van der Waals surface area contributed by atoms with Gasteiger partial charge in [0, 0.05) is 20.3 Å². The molecule has 1 N–H and O–H groups in total. The smallest absolute Gasteiger partial charge is 0.325 e. The van der Waals surface area contributed by atoms with E-state index in [1.165, 1.54) is 0 Å². The van der Waals surface area contributed by atoms with Crippen molar-refractivity contribution in [3.8, 4) is 0 Å². The predicted molar refractivity (Wildman–Crippen MR) is 117 cm³/mol. The number of rotatable bonds is 16. The first-order valence-corrected chi connectivity index (χ1v) is 18.6. The molecule has 0 aromatic heterocycles.